The fourth-order valence-corrected chi connectivity index (χ4v) is 3.57. The standard InChI is InChI=1S/C17H20N4O3/c1-20-10-17(24-16(20)23)8-9-21(11-17)15(22)7-6-14-18-12-4-2-3-5-13(12)19-14/h2-5H,6-11H2,1H3,(H,18,19)/t17-/m0/s1. The number of benzene rings is 1. The molecule has 0 unspecified atom stereocenters. The maximum Gasteiger partial charge on any atom is 0.410 e. The Labute approximate surface area is 139 Å². The van der Waals surface area contributed by atoms with Crippen molar-refractivity contribution in [3.8, 4) is 0 Å². The molecule has 2 saturated heterocycles. The average molecular weight is 328 g/mol. The van der Waals surface area contributed by atoms with Gasteiger partial charge in [-0.05, 0) is 12.1 Å². The summed E-state index contributed by atoms with van der Waals surface area (Å²) in [6.07, 6.45) is 1.39. The number of aromatic nitrogens is 2. The van der Waals surface area contributed by atoms with E-state index < -0.39 is 5.60 Å². The van der Waals surface area contributed by atoms with Gasteiger partial charge in [-0.2, -0.15) is 0 Å². The van der Waals surface area contributed by atoms with Crippen LogP contribution in [0.2, 0.25) is 0 Å². The number of hydrogen-bond acceptors (Lipinski definition) is 4. The molecule has 2 aliphatic heterocycles. The van der Waals surface area contributed by atoms with Gasteiger partial charge in [-0.3, -0.25) is 4.79 Å². The number of carbonyl (C=O) groups excluding carboxylic acids is 2. The normalized spacial score (nSPS) is 23.5. The third-order valence-corrected chi connectivity index (χ3v) is 4.82. The third kappa shape index (κ3) is 2.60. The van der Waals surface area contributed by atoms with E-state index in [1.165, 1.54) is 0 Å². The number of rotatable bonds is 3. The van der Waals surface area contributed by atoms with Crippen LogP contribution < -0.4 is 0 Å². The number of H-pyrrole nitrogens is 1. The lowest BCUT2D eigenvalue weighted by molar-refractivity contribution is -0.130. The van der Waals surface area contributed by atoms with Crippen LogP contribution in [0.15, 0.2) is 24.3 Å². The Balaban J connectivity index is 1.36. The van der Waals surface area contributed by atoms with Crippen molar-refractivity contribution < 1.29 is 14.3 Å². The van der Waals surface area contributed by atoms with Crippen LogP contribution in [0.25, 0.3) is 11.0 Å². The smallest absolute Gasteiger partial charge is 0.410 e. The van der Waals surface area contributed by atoms with Gasteiger partial charge in [0.25, 0.3) is 0 Å². The number of nitrogens with zero attached hydrogens (tertiary/aromatic N) is 3. The highest BCUT2D eigenvalue weighted by Gasteiger charge is 2.49. The number of carbonyl (C=O) groups is 2. The molecule has 7 heteroatoms. The molecule has 0 saturated carbocycles. The van der Waals surface area contributed by atoms with Gasteiger partial charge in [0.2, 0.25) is 5.91 Å². The van der Waals surface area contributed by atoms with E-state index in [9.17, 15) is 9.59 Å². The van der Waals surface area contributed by atoms with Crippen LogP contribution in [0.4, 0.5) is 4.79 Å². The number of nitrogens with one attached hydrogen (secondary N) is 1. The first-order chi connectivity index (χ1) is 11.5. The minimum absolute atomic E-state index is 0.0814. The summed E-state index contributed by atoms with van der Waals surface area (Å²) < 4.78 is 5.48. The van der Waals surface area contributed by atoms with E-state index in [1.807, 2.05) is 24.3 Å². The lowest BCUT2D eigenvalue weighted by atomic mass is 10.0. The molecule has 1 spiro atoms. The Morgan fingerprint density at radius 2 is 2.21 bits per heavy atom. The van der Waals surface area contributed by atoms with E-state index in [1.54, 1.807) is 16.8 Å². The number of para-hydroxylation sites is 2. The molecular formula is C17H20N4O3. The van der Waals surface area contributed by atoms with Crippen LogP contribution in [0, 0.1) is 0 Å². The van der Waals surface area contributed by atoms with E-state index in [0.29, 0.717) is 38.9 Å². The van der Waals surface area contributed by atoms with Gasteiger partial charge in [-0.25, -0.2) is 9.78 Å². The van der Waals surface area contributed by atoms with Gasteiger partial charge >= 0.3 is 6.09 Å². The predicted molar refractivity (Wildman–Crippen MR) is 87.5 cm³/mol. The van der Waals surface area contributed by atoms with Crippen LogP contribution >= 0.6 is 0 Å². The number of aromatic amines is 1. The van der Waals surface area contributed by atoms with Crippen molar-refractivity contribution >= 4 is 23.0 Å². The summed E-state index contributed by atoms with van der Waals surface area (Å²) in [4.78, 5) is 35.2. The van der Waals surface area contributed by atoms with Gasteiger partial charge < -0.3 is 19.5 Å². The summed E-state index contributed by atoms with van der Waals surface area (Å²) in [5.74, 6) is 0.906. The van der Waals surface area contributed by atoms with E-state index in [-0.39, 0.29) is 12.0 Å². The van der Waals surface area contributed by atoms with Gasteiger partial charge in [0.15, 0.2) is 5.60 Å². The second-order valence-electron chi connectivity index (χ2n) is 6.67. The van der Waals surface area contributed by atoms with Gasteiger partial charge in [0, 0.05) is 32.9 Å². The molecule has 2 amide bonds. The van der Waals surface area contributed by atoms with E-state index >= 15 is 0 Å². The summed E-state index contributed by atoms with van der Waals surface area (Å²) in [7, 11) is 1.73. The molecule has 2 aliphatic rings. The second kappa shape index (κ2) is 5.51. The first-order valence-corrected chi connectivity index (χ1v) is 8.20. The summed E-state index contributed by atoms with van der Waals surface area (Å²) in [6, 6.07) is 7.83. The topological polar surface area (TPSA) is 78.5 Å². The largest absolute Gasteiger partial charge is 0.439 e. The van der Waals surface area contributed by atoms with Crippen molar-refractivity contribution in [1.82, 2.24) is 19.8 Å². The highest BCUT2D eigenvalue weighted by atomic mass is 16.6. The van der Waals surface area contributed by atoms with Gasteiger partial charge in [0.05, 0.1) is 24.1 Å². The van der Waals surface area contributed by atoms with Crippen molar-refractivity contribution in [2.45, 2.75) is 24.9 Å². The zero-order chi connectivity index (χ0) is 16.7. The molecule has 1 N–H and O–H groups in total. The van der Waals surface area contributed by atoms with Crippen molar-refractivity contribution in [2.75, 3.05) is 26.7 Å². The number of aryl methyl sites for hydroxylation is 1. The molecule has 2 fully saturated rings. The summed E-state index contributed by atoms with van der Waals surface area (Å²) in [5.41, 5.74) is 1.39. The fraction of sp³-hybridized carbons (Fsp3) is 0.471. The Bertz CT molecular complexity index is 769. The van der Waals surface area contributed by atoms with Crippen molar-refractivity contribution in [2.24, 2.45) is 0 Å². The average Bonchev–Trinajstić information content (AvgIpc) is 3.23. The Kier molecular flexibility index (Phi) is 3.44. The van der Waals surface area contributed by atoms with E-state index in [2.05, 4.69) is 9.97 Å². The maximum absolute atomic E-state index is 12.5. The lowest BCUT2D eigenvalue weighted by Gasteiger charge is -2.21. The third-order valence-electron chi connectivity index (χ3n) is 4.82. The number of likely N-dealkylation sites (tertiary alicyclic amines) is 1. The molecule has 7 nitrogen and oxygen atoms in total. The molecule has 1 atom stereocenters. The number of hydrogen-bond donors (Lipinski definition) is 1. The quantitative estimate of drug-likeness (QED) is 0.927. The predicted octanol–water partition coefficient (Wildman–Crippen LogP) is 1.55. The molecule has 0 radical (unpaired) electrons. The van der Waals surface area contributed by atoms with Gasteiger partial charge in [-0.1, -0.05) is 12.1 Å². The molecule has 2 aromatic rings. The Morgan fingerprint density at radius 3 is 2.96 bits per heavy atom. The minimum atomic E-state index is -0.513. The minimum Gasteiger partial charge on any atom is -0.439 e. The van der Waals surface area contributed by atoms with Crippen LogP contribution in [-0.2, 0) is 16.0 Å². The number of ether oxygens (including phenoxy) is 1. The van der Waals surface area contributed by atoms with E-state index in [0.717, 1.165) is 16.9 Å². The number of imidazole rings is 1. The molecule has 1 aromatic carbocycles. The highest BCUT2D eigenvalue weighted by molar-refractivity contribution is 5.78. The number of amides is 2. The van der Waals surface area contributed by atoms with Crippen molar-refractivity contribution in [3.05, 3.63) is 30.1 Å². The SMILES string of the molecule is CN1C[C@]2(CCN(C(=O)CCc3nc4ccccc4[nH]3)C2)OC1=O. The molecule has 3 heterocycles. The zero-order valence-electron chi connectivity index (χ0n) is 13.6. The zero-order valence-corrected chi connectivity index (χ0v) is 13.6. The molecule has 24 heavy (non-hydrogen) atoms. The Morgan fingerprint density at radius 1 is 1.38 bits per heavy atom. The Hall–Kier alpha value is -2.57. The molecule has 0 aliphatic carbocycles. The molecular weight excluding hydrogens is 308 g/mol. The van der Waals surface area contributed by atoms with E-state index in [4.69, 9.17) is 4.74 Å². The highest BCUT2D eigenvalue weighted by Crippen LogP contribution is 2.32. The second-order valence-corrected chi connectivity index (χ2v) is 6.67. The first-order valence-electron chi connectivity index (χ1n) is 8.20. The van der Waals surface area contributed by atoms with Crippen LogP contribution in [0.3, 0.4) is 0 Å². The number of likely N-dealkylation sites (N-methyl/N-ethyl adjacent to an activating group) is 1. The summed E-state index contributed by atoms with van der Waals surface area (Å²) in [6.45, 7) is 1.68. The fourth-order valence-electron chi connectivity index (χ4n) is 3.57. The number of fused-ring (bicyclic) bond motifs is 1. The van der Waals surface area contributed by atoms with Crippen LogP contribution in [0.5, 0.6) is 0 Å². The molecule has 126 valence electrons. The monoisotopic (exact) mass is 328 g/mol. The molecule has 1 aromatic heterocycles. The first kappa shape index (κ1) is 15.0. The van der Waals surface area contributed by atoms with Gasteiger partial charge in [-0.15, -0.1) is 0 Å². The van der Waals surface area contributed by atoms with Crippen molar-refractivity contribution in [1.29, 1.82) is 0 Å². The summed E-state index contributed by atoms with van der Waals surface area (Å²) in [5, 5.41) is 0. The van der Waals surface area contributed by atoms with Gasteiger partial charge in [0.1, 0.15) is 5.82 Å². The van der Waals surface area contributed by atoms with Crippen LogP contribution in [0.1, 0.15) is 18.7 Å². The van der Waals surface area contributed by atoms with Crippen molar-refractivity contribution in [3.63, 3.8) is 0 Å². The maximum atomic E-state index is 12.5. The lowest BCUT2D eigenvalue weighted by Crippen LogP contribution is -2.39. The molecule has 0 bridgehead atoms. The molecule has 4 rings (SSSR count). The van der Waals surface area contributed by atoms with Crippen LogP contribution in [-0.4, -0.2) is 64.1 Å². The summed E-state index contributed by atoms with van der Waals surface area (Å²) >= 11 is 0.